The number of nitrogens with zero attached hydrogens (tertiary/aromatic N) is 1. The van der Waals surface area contributed by atoms with Crippen LogP contribution < -0.4 is 10.6 Å². The fraction of sp³-hybridized carbons (Fsp3) is 0.533. The number of urea groups is 1. The number of alkyl halides is 3. The molecule has 0 unspecified atom stereocenters. The average molecular weight is 315 g/mol. The highest BCUT2D eigenvalue weighted by atomic mass is 19.4. The molecule has 0 spiro atoms. The maximum atomic E-state index is 12.6. The standard InChI is InChI=1S/C15H20F3N3O/c1-21-7-5-11(6-8-21)10-19-14(22)20-13-4-2-3-12(9-13)15(16,17)18/h2-4,9,11H,5-8,10H2,1H3,(H2,19,20,22). The second-order valence-corrected chi connectivity index (χ2v) is 5.66. The van der Waals surface area contributed by atoms with Crippen LogP contribution in [0, 0.1) is 5.92 Å². The molecule has 1 aromatic carbocycles. The second-order valence-electron chi connectivity index (χ2n) is 5.66. The lowest BCUT2D eigenvalue weighted by Gasteiger charge is -2.28. The van der Waals surface area contributed by atoms with E-state index in [1.807, 2.05) is 0 Å². The molecule has 1 fully saturated rings. The average Bonchev–Trinajstić information content (AvgIpc) is 2.46. The first-order valence-corrected chi connectivity index (χ1v) is 7.25. The van der Waals surface area contributed by atoms with Gasteiger partial charge in [-0.25, -0.2) is 4.79 Å². The molecular formula is C15H20F3N3O. The van der Waals surface area contributed by atoms with Crippen LogP contribution in [0.15, 0.2) is 24.3 Å². The number of halogens is 3. The first-order valence-electron chi connectivity index (χ1n) is 7.25. The molecule has 2 rings (SSSR count). The van der Waals surface area contributed by atoms with Gasteiger partial charge in [-0.05, 0) is 57.1 Å². The Bertz CT molecular complexity index is 511. The molecular weight excluding hydrogens is 295 g/mol. The van der Waals surface area contributed by atoms with E-state index in [0.717, 1.165) is 38.1 Å². The van der Waals surface area contributed by atoms with Crippen molar-refractivity contribution in [1.29, 1.82) is 0 Å². The van der Waals surface area contributed by atoms with Crippen molar-refractivity contribution < 1.29 is 18.0 Å². The minimum atomic E-state index is -4.41. The maximum absolute atomic E-state index is 12.6. The van der Waals surface area contributed by atoms with Crippen molar-refractivity contribution in [3.63, 3.8) is 0 Å². The number of rotatable bonds is 3. The van der Waals surface area contributed by atoms with Crippen molar-refractivity contribution in [2.45, 2.75) is 19.0 Å². The number of benzene rings is 1. The zero-order chi connectivity index (χ0) is 16.2. The summed E-state index contributed by atoms with van der Waals surface area (Å²) >= 11 is 0. The fourth-order valence-electron chi connectivity index (χ4n) is 2.45. The van der Waals surface area contributed by atoms with Gasteiger partial charge in [-0.2, -0.15) is 13.2 Å². The van der Waals surface area contributed by atoms with E-state index in [-0.39, 0.29) is 5.69 Å². The van der Waals surface area contributed by atoms with E-state index in [4.69, 9.17) is 0 Å². The van der Waals surface area contributed by atoms with E-state index in [0.29, 0.717) is 12.5 Å². The normalized spacial score (nSPS) is 17.3. The lowest BCUT2D eigenvalue weighted by Crippen LogP contribution is -2.38. The van der Waals surface area contributed by atoms with E-state index >= 15 is 0 Å². The van der Waals surface area contributed by atoms with E-state index in [1.165, 1.54) is 12.1 Å². The van der Waals surface area contributed by atoms with Gasteiger partial charge in [0.25, 0.3) is 0 Å². The zero-order valence-corrected chi connectivity index (χ0v) is 12.4. The van der Waals surface area contributed by atoms with Gasteiger partial charge in [-0.15, -0.1) is 0 Å². The largest absolute Gasteiger partial charge is 0.416 e. The fourth-order valence-corrected chi connectivity index (χ4v) is 2.45. The molecule has 1 aliphatic rings. The molecule has 1 saturated heterocycles. The Kier molecular flexibility index (Phi) is 5.28. The van der Waals surface area contributed by atoms with Crippen molar-refractivity contribution in [3.05, 3.63) is 29.8 Å². The summed E-state index contributed by atoms with van der Waals surface area (Å²) in [6.45, 7) is 2.54. The first-order chi connectivity index (χ1) is 10.3. The summed E-state index contributed by atoms with van der Waals surface area (Å²) in [6, 6.07) is 4.13. The minimum Gasteiger partial charge on any atom is -0.338 e. The third-order valence-electron chi connectivity index (χ3n) is 3.84. The van der Waals surface area contributed by atoms with Gasteiger partial charge in [-0.3, -0.25) is 0 Å². The van der Waals surface area contributed by atoms with Gasteiger partial charge in [0.1, 0.15) is 0 Å². The number of likely N-dealkylation sites (tertiary alicyclic amines) is 1. The Hall–Kier alpha value is -1.76. The van der Waals surface area contributed by atoms with Crippen molar-refractivity contribution in [3.8, 4) is 0 Å². The smallest absolute Gasteiger partial charge is 0.338 e. The topological polar surface area (TPSA) is 44.4 Å². The Morgan fingerprint density at radius 1 is 1.32 bits per heavy atom. The van der Waals surface area contributed by atoms with Gasteiger partial charge in [0.05, 0.1) is 5.56 Å². The predicted molar refractivity (Wildman–Crippen MR) is 78.7 cm³/mol. The molecule has 1 aromatic rings. The molecule has 2 amide bonds. The predicted octanol–water partition coefficient (Wildman–Crippen LogP) is 3.17. The molecule has 122 valence electrons. The van der Waals surface area contributed by atoms with Crippen molar-refractivity contribution in [2.75, 3.05) is 32.0 Å². The first kappa shape index (κ1) is 16.6. The molecule has 4 nitrogen and oxygen atoms in total. The number of hydrogen-bond acceptors (Lipinski definition) is 2. The summed E-state index contributed by atoms with van der Waals surface area (Å²) in [6.07, 6.45) is -2.39. The van der Waals surface area contributed by atoms with Gasteiger partial charge < -0.3 is 15.5 Å². The number of anilines is 1. The number of carbonyl (C=O) groups is 1. The number of hydrogen-bond donors (Lipinski definition) is 2. The van der Waals surface area contributed by atoms with Crippen LogP contribution in [0.25, 0.3) is 0 Å². The van der Waals surface area contributed by atoms with Gasteiger partial charge in [0.15, 0.2) is 0 Å². The second kappa shape index (κ2) is 7.00. The van der Waals surface area contributed by atoms with Crippen molar-refractivity contribution in [1.82, 2.24) is 10.2 Å². The monoisotopic (exact) mass is 315 g/mol. The highest BCUT2D eigenvalue weighted by molar-refractivity contribution is 5.89. The number of piperidine rings is 1. The Balaban J connectivity index is 1.82. The molecule has 0 aromatic heterocycles. The summed E-state index contributed by atoms with van der Waals surface area (Å²) in [5.41, 5.74) is -0.642. The van der Waals surface area contributed by atoms with E-state index in [2.05, 4.69) is 22.6 Å². The summed E-state index contributed by atoms with van der Waals surface area (Å²) < 4.78 is 37.8. The highest BCUT2D eigenvalue weighted by Gasteiger charge is 2.30. The van der Waals surface area contributed by atoms with Crippen LogP contribution in [0.1, 0.15) is 18.4 Å². The highest BCUT2D eigenvalue weighted by Crippen LogP contribution is 2.30. The lowest BCUT2D eigenvalue weighted by atomic mass is 9.97. The molecule has 1 aliphatic heterocycles. The van der Waals surface area contributed by atoms with Gasteiger partial charge >= 0.3 is 12.2 Å². The minimum absolute atomic E-state index is 0.135. The molecule has 0 bridgehead atoms. The summed E-state index contributed by atoms with van der Waals surface area (Å²) in [7, 11) is 2.06. The molecule has 0 aliphatic carbocycles. The van der Waals surface area contributed by atoms with Crippen LogP contribution in [0.5, 0.6) is 0 Å². The van der Waals surface area contributed by atoms with Crippen LogP contribution >= 0.6 is 0 Å². The van der Waals surface area contributed by atoms with Crippen LogP contribution in [-0.4, -0.2) is 37.6 Å². The molecule has 0 atom stereocenters. The number of carbonyl (C=O) groups excluding carboxylic acids is 1. The summed E-state index contributed by atoms with van der Waals surface area (Å²) in [5.74, 6) is 0.420. The SMILES string of the molecule is CN1CCC(CNC(=O)Nc2cccc(C(F)(F)F)c2)CC1. The van der Waals surface area contributed by atoms with Crippen LogP contribution in [0.4, 0.5) is 23.7 Å². The van der Waals surface area contributed by atoms with Crippen molar-refractivity contribution in [2.24, 2.45) is 5.92 Å². The molecule has 2 N–H and O–H groups in total. The van der Waals surface area contributed by atoms with Crippen LogP contribution in [0.3, 0.4) is 0 Å². The summed E-state index contributed by atoms with van der Waals surface area (Å²) in [5, 5.41) is 5.17. The van der Waals surface area contributed by atoms with E-state index in [9.17, 15) is 18.0 Å². The molecule has 0 saturated carbocycles. The Labute approximate surface area is 127 Å². The van der Waals surface area contributed by atoms with E-state index in [1.54, 1.807) is 0 Å². The van der Waals surface area contributed by atoms with Gasteiger partial charge in [-0.1, -0.05) is 6.07 Å². The van der Waals surface area contributed by atoms with Crippen molar-refractivity contribution >= 4 is 11.7 Å². The Morgan fingerprint density at radius 3 is 2.64 bits per heavy atom. The van der Waals surface area contributed by atoms with Crippen LogP contribution in [-0.2, 0) is 6.18 Å². The lowest BCUT2D eigenvalue weighted by molar-refractivity contribution is -0.137. The van der Waals surface area contributed by atoms with Crippen LogP contribution in [0.2, 0.25) is 0 Å². The third-order valence-corrected chi connectivity index (χ3v) is 3.84. The Morgan fingerprint density at radius 2 is 2.00 bits per heavy atom. The molecule has 7 heteroatoms. The summed E-state index contributed by atoms with van der Waals surface area (Å²) in [4.78, 5) is 14.0. The molecule has 22 heavy (non-hydrogen) atoms. The number of nitrogens with one attached hydrogen (secondary N) is 2. The zero-order valence-electron chi connectivity index (χ0n) is 12.4. The number of amides is 2. The molecule has 0 radical (unpaired) electrons. The van der Waals surface area contributed by atoms with Gasteiger partial charge in [0, 0.05) is 12.2 Å². The maximum Gasteiger partial charge on any atom is 0.416 e. The molecule has 1 heterocycles. The quantitative estimate of drug-likeness (QED) is 0.900. The third kappa shape index (κ3) is 4.91. The van der Waals surface area contributed by atoms with Gasteiger partial charge in [0.2, 0.25) is 0 Å². The van der Waals surface area contributed by atoms with E-state index < -0.39 is 17.8 Å².